The minimum absolute atomic E-state index is 0.0191. The molecule has 0 saturated carbocycles. The van der Waals surface area contributed by atoms with Gasteiger partial charge in [-0.1, -0.05) is 6.92 Å². The normalized spacial score (nSPS) is 11.8. The van der Waals surface area contributed by atoms with Crippen molar-refractivity contribution in [1.29, 1.82) is 0 Å². The summed E-state index contributed by atoms with van der Waals surface area (Å²) >= 11 is 0. The molecule has 1 heterocycles. The van der Waals surface area contributed by atoms with Gasteiger partial charge in [-0.15, -0.1) is 0 Å². The second-order valence-electron chi connectivity index (χ2n) is 2.49. The fourth-order valence-electron chi connectivity index (χ4n) is 0.907. The lowest BCUT2D eigenvalue weighted by molar-refractivity contribution is 0.548. The first-order valence-corrected chi connectivity index (χ1v) is 5.21. The molecular formula is C7H11NO3S. The predicted octanol–water partition coefficient (Wildman–Crippen LogP) is 0.964. The molecule has 1 aromatic rings. The van der Waals surface area contributed by atoms with Crippen LogP contribution in [0.15, 0.2) is 15.4 Å². The van der Waals surface area contributed by atoms with Crippen LogP contribution in [0.4, 0.5) is 5.88 Å². The summed E-state index contributed by atoms with van der Waals surface area (Å²) < 4.78 is 27.5. The van der Waals surface area contributed by atoms with E-state index in [9.17, 15) is 8.42 Å². The molecule has 0 unspecified atom stereocenters. The minimum atomic E-state index is -3.23. The van der Waals surface area contributed by atoms with Crippen molar-refractivity contribution in [2.24, 2.45) is 0 Å². The van der Waals surface area contributed by atoms with Gasteiger partial charge < -0.3 is 10.2 Å². The Morgan fingerprint density at radius 3 is 2.50 bits per heavy atom. The van der Waals surface area contributed by atoms with Crippen molar-refractivity contribution in [3.63, 3.8) is 0 Å². The number of rotatable bonds is 2. The smallest absolute Gasteiger partial charge is 0.209 e. The van der Waals surface area contributed by atoms with Crippen LogP contribution < -0.4 is 5.73 Å². The lowest BCUT2D eigenvalue weighted by atomic mass is 10.5. The quantitative estimate of drug-likeness (QED) is 0.752. The molecule has 12 heavy (non-hydrogen) atoms. The molecule has 1 rings (SSSR count). The molecule has 0 radical (unpaired) electrons. The number of nitrogen functional groups attached to an aromatic ring is 1. The van der Waals surface area contributed by atoms with Crippen molar-refractivity contribution in [2.75, 3.05) is 11.5 Å². The SMILES string of the molecule is CCS(=O)(=O)c1cc(C)oc1N. The third-order valence-corrected chi connectivity index (χ3v) is 3.31. The molecule has 0 atom stereocenters. The second kappa shape index (κ2) is 2.82. The van der Waals surface area contributed by atoms with Gasteiger partial charge in [-0.3, -0.25) is 0 Å². The van der Waals surface area contributed by atoms with Crippen molar-refractivity contribution in [3.05, 3.63) is 11.8 Å². The summed E-state index contributed by atoms with van der Waals surface area (Å²) in [6.07, 6.45) is 0. The van der Waals surface area contributed by atoms with Gasteiger partial charge >= 0.3 is 0 Å². The van der Waals surface area contributed by atoms with Crippen LogP contribution in [-0.2, 0) is 9.84 Å². The molecular weight excluding hydrogens is 178 g/mol. The van der Waals surface area contributed by atoms with E-state index in [1.165, 1.54) is 6.07 Å². The Morgan fingerprint density at radius 1 is 1.58 bits per heavy atom. The Kier molecular flexibility index (Phi) is 2.14. The molecule has 68 valence electrons. The minimum Gasteiger partial charge on any atom is -0.445 e. The molecule has 0 fully saturated rings. The molecule has 0 spiro atoms. The first-order valence-electron chi connectivity index (χ1n) is 3.56. The highest BCUT2D eigenvalue weighted by Gasteiger charge is 2.18. The Bertz CT molecular complexity index is 377. The average Bonchev–Trinajstić information content (AvgIpc) is 2.31. The van der Waals surface area contributed by atoms with E-state index < -0.39 is 9.84 Å². The first-order chi connectivity index (χ1) is 5.47. The summed E-state index contributed by atoms with van der Waals surface area (Å²) in [5.41, 5.74) is 5.36. The predicted molar refractivity (Wildman–Crippen MR) is 45.6 cm³/mol. The largest absolute Gasteiger partial charge is 0.445 e. The third-order valence-electron chi connectivity index (χ3n) is 1.56. The molecule has 0 saturated heterocycles. The molecule has 0 bridgehead atoms. The maximum Gasteiger partial charge on any atom is 0.209 e. The molecule has 1 aromatic heterocycles. The van der Waals surface area contributed by atoms with Crippen LogP contribution in [0.25, 0.3) is 0 Å². The van der Waals surface area contributed by atoms with Crippen molar-refractivity contribution in [3.8, 4) is 0 Å². The number of anilines is 1. The maximum atomic E-state index is 11.3. The average molecular weight is 189 g/mol. The van der Waals surface area contributed by atoms with Gasteiger partial charge in [0.1, 0.15) is 10.7 Å². The summed E-state index contributed by atoms with van der Waals surface area (Å²) in [4.78, 5) is 0.0995. The lowest BCUT2D eigenvalue weighted by Crippen LogP contribution is -2.04. The van der Waals surface area contributed by atoms with E-state index in [0.717, 1.165) is 0 Å². The standard InChI is InChI=1S/C7H11NO3S/c1-3-12(9,10)6-4-5(2)11-7(6)8/h4H,3,8H2,1-2H3. The van der Waals surface area contributed by atoms with Crippen LogP contribution >= 0.6 is 0 Å². The van der Waals surface area contributed by atoms with Crippen LogP contribution in [0.5, 0.6) is 0 Å². The topological polar surface area (TPSA) is 73.3 Å². The highest BCUT2D eigenvalue weighted by Crippen LogP contribution is 2.23. The number of hydrogen-bond donors (Lipinski definition) is 1. The van der Waals surface area contributed by atoms with Gasteiger partial charge in [0.05, 0.1) is 5.75 Å². The summed E-state index contributed by atoms with van der Waals surface area (Å²) in [7, 11) is -3.23. The Labute approximate surface area is 71.3 Å². The Balaban J connectivity index is 3.29. The van der Waals surface area contributed by atoms with E-state index in [2.05, 4.69) is 0 Å². The third kappa shape index (κ3) is 1.45. The lowest BCUT2D eigenvalue weighted by Gasteiger charge is -1.95. The highest BCUT2D eigenvalue weighted by molar-refractivity contribution is 7.91. The van der Waals surface area contributed by atoms with Gasteiger partial charge in [0.25, 0.3) is 0 Å². The molecule has 0 aliphatic carbocycles. The molecule has 4 nitrogen and oxygen atoms in total. The van der Waals surface area contributed by atoms with Crippen LogP contribution in [0, 0.1) is 6.92 Å². The van der Waals surface area contributed by atoms with E-state index in [0.29, 0.717) is 5.76 Å². The van der Waals surface area contributed by atoms with Crippen LogP contribution in [0.2, 0.25) is 0 Å². The number of aryl methyl sites for hydroxylation is 1. The molecule has 5 heteroatoms. The zero-order chi connectivity index (χ0) is 9.35. The summed E-state index contributed by atoms with van der Waals surface area (Å²) in [6, 6.07) is 1.44. The van der Waals surface area contributed by atoms with Crippen LogP contribution in [-0.4, -0.2) is 14.2 Å². The monoisotopic (exact) mass is 189 g/mol. The zero-order valence-corrected chi connectivity index (χ0v) is 7.81. The molecule has 0 aliphatic rings. The van der Waals surface area contributed by atoms with E-state index >= 15 is 0 Å². The van der Waals surface area contributed by atoms with Gasteiger partial charge in [0.2, 0.25) is 5.88 Å². The molecule has 0 aliphatic heterocycles. The fraction of sp³-hybridized carbons (Fsp3) is 0.429. The number of nitrogens with two attached hydrogens (primary N) is 1. The number of hydrogen-bond acceptors (Lipinski definition) is 4. The summed E-state index contributed by atoms with van der Waals surface area (Å²) in [5.74, 6) is 0.532. The first kappa shape index (κ1) is 9.12. The number of furan rings is 1. The van der Waals surface area contributed by atoms with Gasteiger partial charge in [-0.05, 0) is 6.92 Å². The van der Waals surface area contributed by atoms with Crippen molar-refractivity contribution in [2.45, 2.75) is 18.7 Å². The molecule has 0 amide bonds. The molecule has 2 N–H and O–H groups in total. The number of sulfone groups is 1. The van der Waals surface area contributed by atoms with E-state index in [1.54, 1.807) is 13.8 Å². The van der Waals surface area contributed by atoms with Crippen LogP contribution in [0.3, 0.4) is 0 Å². The Morgan fingerprint density at radius 2 is 2.17 bits per heavy atom. The summed E-state index contributed by atoms with van der Waals surface area (Å²) in [6.45, 7) is 3.22. The maximum absolute atomic E-state index is 11.3. The van der Waals surface area contributed by atoms with E-state index in [4.69, 9.17) is 10.2 Å². The van der Waals surface area contributed by atoms with Gasteiger partial charge in [0.15, 0.2) is 9.84 Å². The molecule has 0 aromatic carbocycles. The zero-order valence-electron chi connectivity index (χ0n) is 6.99. The van der Waals surface area contributed by atoms with E-state index in [-0.39, 0.29) is 16.5 Å². The fourth-order valence-corrected chi connectivity index (χ4v) is 1.91. The van der Waals surface area contributed by atoms with Gasteiger partial charge in [0, 0.05) is 6.07 Å². The highest BCUT2D eigenvalue weighted by atomic mass is 32.2. The van der Waals surface area contributed by atoms with Crippen LogP contribution in [0.1, 0.15) is 12.7 Å². The second-order valence-corrected chi connectivity index (χ2v) is 4.74. The van der Waals surface area contributed by atoms with Crippen molar-refractivity contribution in [1.82, 2.24) is 0 Å². The van der Waals surface area contributed by atoms with Crippen molar-refractivity contribution < 1.29 is 12.8 Å². The van der Waals surface area contributed by atoms with Gasteiger partial charge in [-0.2, -0.15) is 0 Å². The Hall–Kier alpha value is -0.970. The van der Waals surface area contributed by atoms with E-state index in [1.807, 2.05) is 0 Å². The van der Waals surface area contributed by atoms with Crippen molar-refractivity contribution >= 4 is 15.7 Å². The summed E-state index contributed by atoms with van der Waals surface area (Å²) in [5, 5.41) is 0. The van der Waals surface area contributed by atoms with Gasteiger partial charge in [-0.25, -0.2) is 8.42 Å².